The van der Waals surface area contributed by atoms with Crippen molar-refractivity contribution in [2.24, 2.45) is 0 Å². The molecule has 0 bridgehead atoms. The third kappa shape index (κ3) is 4.33. The van der Waals surface area contributed by atoms with E-state index in [9.17, 15) is 5.11 Å². The quantitative estimate of drug-likeness (QED) is 0.625. The van der Waals surface area contributed by atoms with Crippen LogP contribution in [0.15, 0.2) is 48.5 Å². The first-order chi connectivity index (χ1) is 15.6. The fourth-order valence-electron chi connectivity index (χ4n) is 4.58. The van der Waals surface area contributed by atoms with Gasteiger partial charge in [0.2, 0.25) is 0 Å². The number of nitrogens with one attached hydrogen (secondary N) is 1. The van der Waals surface area contributed by atoms with E-state index < -0.39 is 0 Å². The van der Waals surface area contributed by atoms with Gasteiger partial charge in [0.25, 0.3) is 0 Å². The highest BCUT2D eigenvalue weighted by atomic mass is 16.5. The third-order valence-electron chi connectivity index (χ3n) is 6.56. The van der Waals surface area contributed by atoms with Crippen LogP contribution in [0.4, 0.5) is 5.82 Å². The summed E-state index contributed by atoms with van der Waals surface area (Å²) >= 11 is 0. The van der Waals surface area contributed by atoms with Gasteiger partial charge in [0.15, 0.2) is 0 Å². The average Bonchev–Trinajstić information content (AvgIpc) is 2.74. The van der Waals surface area contributed by atoms with Crippen molar-refractivity contribution in [3.8, 4) is 28.1 Å². The highest BCUT2D eigenvalue weighted by molar-refractivity contribution is 5.76. The van der Waals surface area contributed by atoms with Crippen LogP contribution in [0, 0.1) is 13.8 Å². The zero-order chi connectivity index (χ0) is 22.1. The molecule has 2 aromatic carbocycles. The van der Waals surface area contributed by atoms with Crippen molar-refractivity contribution in [3.63, 3.8) is 0 Å². The van der Waals surface area contributed by atoms with Gasteiger partial charge in [0, 0.05) is 18.2 Å². The molecule has 166 valence electrons. The second kappa shape index (κ2) is 8.88. The van der Waals surface area contributed by atoms with Gasteiger partial charge in [-0.3, -0.25) is 4.90 Å². The monoisotopic (exact) mass is 430 g/mol. The molecule has 0 saturated carbocycles. The number of hydrogen-bond donors (Lipinski definition) is 2. The molecule has 0 amide bonds. The molecule has 6 nitrogen and oxygen atoms in total. The standard InChI is InChI=1S/C26H30N4O2/c1-17-5-7-19(8-6-17)20-9-10-23(24(31)13-20)26-18(2)12-25(28-29-26)27-21-4-3-11-30(14-21)22-15-32-16-22/h5-10,12-13,21-22,31H,3-4,11,14-16H2,1-2H3,(H,27,28). The largest absolute Gasteiger partial charge is 0.507 e. The highest BCUT2D eigenvalue weighted by Gasteiger charge is 2.30. The smallest absolute Gasteiger partial charge is 0.149 e. The number of rotatable bonds is 5. The number of aryl methyl sites for hydroxylation is 2. The Bertz CT molecular complexity index is 1100. The van der Waals surface area contributed by atoms with Crippen LogP contribution in [-0.4, -0.2) is 58.6 Å². The molecule has 5 rings (SSSR count). The number of likely N-dealkylation sites (tertiary alicyclic amines) is 1. The molecular weight excluding hydrogens is 400 g/mol. The Morgan fingerprint density at radius 2 is 1.78 bits per heavy atom. The molecule has 2 aliphatic heterocycles. The van der Waals surface area contributed by atoms with Crippen LogP contribution in [0.5, 0.6) is 5.75 Å². The van der Waals surface area contributed by atoms with Crippen molar-refractivity contribution in [2.75, 3.05) is 31.6 Å². The number of aromatic hydroxyl groups is 1. The average molecular weight is 431 g/mol. The molecule has 1 atom stereocenters. The van der Waals surface area contributed by atoms with Gasteiger partial charge in [-0.2, -0.15) is 0 Å². The van der Waals surface area contributed by atoms with Crippen LogP contribution >= 0.6 is 0 Å². The number of aromatic nitrogens is 2. The Morgan fingerprint density at radius 1 is 1.00 bits per heavy atom. The lowest BCUT2D eigenvalue weighted by molar-refractivity contribution is -0.0710. The second-order valence-electron chi connectivity index (χ2n) is 9.03. The zero-order valence-corrected chi connectivity index (χ0v) is 18.7. The predicted molar refractivity (Wildman–Crippen MR) is 127 cm³/mol. The molecular formula is C26H30N4O2. The lowest BCUT2D eigenvalue weighted by atomic mass is 9.99. The lowest BCUT2D eigenvalue weighted by Gasteiger charge is -2.42. The van der Waals surface area contributed by atoms with E-state index in [2.05, 4.69) is 51.6 Å². The maximum absolute atomic E-state index is 10.7. The van der Waals surface area contributed by atoms with Gasteiger partial charge >= 0.3 is 0 Å². The number of piperidine rings is 1. The number of anilines is 1. The minimum absolute atomic E-state index is 0.215. The first-order valence-electron chi connectivity index (χ1n) is 11.4. The lowest BCUT2D eigenvalue weighted by Crippen LogP contribution is -2.54. The summed E-state index contributed by atoms with van der Waals surface area (Å²) in [6.45, 7) is 7.95. The highest BCUT2D eigenvalue weighted by Crippen LogP contribution is 2.34. The number of benzene rings is 2. The van der Waals surface area contributed by atoms with Crippen molar-refractivity contribution >= 4 is 5.82 Å². The summed E-state index contributed by atoms with van der Waals surface area (Å²) in [5.41, 5.74) is 5.67. The minimum Gasteiger partial charge on any atom is -0.507 e. The van der Waals surface area contributed by atoms with Gasteiger partial charge in [-0.05, 0) is 68.1 Å². The molecule has 2 fully saturated rings. The van der Waals surface area contributed by atoms with Crippen LogP contribution in [0.1, 0.15) is 24.0 Å². The topological polar surface area (TPSA) is 70.5 Å². The van der Waals surface area contributed by atoms with E-state index in [0.29, 0.717) is 23.3 Å². The van der Waals surface area contributed by atoms with Gasteiger partial charge in [0.05, 0.1) is 24.9 Å². The van der Waals surface area contributed by atoms with Crippen molar-refractivity contribution in [1.29, 1.82) is 0 Å². The minimum atomic E-state index is 0.215. The molecule has 0 spiro atoms. The van der Waals surface area contributed by atoms with E-state index in [1.807, 2.05) is 25.1 Å². The fraction of sp³-hybridized carbons (Fsp3) is 0.385. The number of hydrogen-bond acceptors (Lipinski definition) is 6. The van der Waals surface area contributed by atoms with Crippen LogP contribution < -0.4 is 5.32 Å². The first kappa shape index (κ1) is 20.9. The van der Waals surface area contributed by atoms with Crippen molar-refractivity contribution < 1.29 is 9.84 Å². The number of phenolic OH excluding ortho intramolecular Hbond substituents is 1. The molecule has 1 unspecified atom stereocenters. The predicted octanol–water partition coefficient (Wildman–Crippen LogP) is 4.41. The molecule has 3 aromatic rings. The molecule has 6 heteroatoms. The summed E-state index contributed by atoms with van der Waals surface area (Å²) in [7, 11) is 0. The summed E-state index contributed by atoms with van der Waals surface area (Å²) in [6.07, 6.45) is 2.31. The van der Waals surface area contributed by atoms with Crippen LogP contribution in [0.2, 0.25) is 0 Å². The van der Waals surface area contributed by atoms with Crippen molar-refractivity contribution in [2.45, 2.75) is 38.8 Å². The summed E-state index contributed by atoms with van der Waals surface area (Å²) in [5, 5.41) is 23.2. The summed E-state index contributed by atoms with van der Waals surface area (Å²) in [4.78, 5) is 2.52. The third-order valence-corrected chi connectivity index (χ3v) is 6.56. The molecule has 2 N–H and O–H groups in total. The summed E-state index contributed by atoms with van der Waals surface area (Å²) in [6, 6.07) is 17.0. The van der Waals surface area contributed by atoms with E-state index in [1.165, 1.54) is 12.0 Å². The Labute approximate surface area is 189 Å². The zero-order valence-electron chi connectivity index (χ0n) is 18.7. The van der Waals surface area contributed by atoms with Gasteiger partial charge in [-0.25, -0.2) is 0 Å². The van der Waals surface area contributed by atoms with Crippen molar-refractivity contribution in [1.82, 2.24) is 15.1 Å². The Hall–Kier alpha value is -2.96. The summed E-state index contributed by atoms with van der Waals surface area (Å²) in [5.74, 6) is 1.01. The van der Waals surface area contributed by atoms with Gasteiger partial charge < -0.3 is 15.2 Å². The van der Waals surface area contributed by atoms with E-state index in [4.69, 9.17) is 4.74 Å². The number of nitrogens with zero attached hydrogens (tertiary/aromatic N) is 3. The Kier molecular flexibility index (Phi) is 5.81. The second-order valence-corrected chi connectivity index (χ2v) is 9.03. The van der Waals surface area contributed by atoms with Crippen LogP contribution in [-0.2, 0) is 4.74 Å². The molecule has 0 aliphatic carbocycles. The molecule has 32 heavy (non-hydrogen) atoms. The Balaban J connectivity index is 1.31. The molecule has 2 aliphatic rings. The summed E-state index contributed by atoms with van der Waals surface area (Å²) < 4.78 is 5.35. The number of phenols is 1. The van der Waals surface area contributed by atoms with Gasteiger partial charge in [-0.15, -0.1) is 10.2 Å². The SMILES string of the molecule is Cc1ccc(-c2ccc(-c3nnc(NC4CCCN(C5COC5)C4)cc3C)c(O)c2)cc1. The van der Waals surface area contributed by atoms with Crippen LogP contribution in [0.3, 0.4) is 0 Å². The van der Waals surface area contributed by atoms with E-state index in [1.54, 1.807) is 6.07 Å². The van der Waals surface area contributed by atoms with Crippen molar-refractivity contribution in [3.05, 3.63) is 59.7 Å². The van der Waals surface area contributed by atoms with Crippen LogP contribution in [0.25, 0.3) is 22.4 Å². The molecule has 3 heterocycles. The normalized spacial score (nSPS) is 19.5. The maximum atomic E-state index is 10.7. The molecule has 2 saturated heterocycles. The maximum Gasteiger partial charge on any atom is 0.149 e. The molecule has 1 aromatic heterocycles. The Morgan fingerprint density at radius 3 is 2.47 bits per heavy atom. The molecule has 0 radical (unpaired) electrons. The van der Waals surface area contributed by atoms with E-state index >= 15 is 0 Å². The van der Waals surface area contributed by atoms with Gasteiger partial charge in [-0.1, -0.05) is 35.9 Å². The first-order valence-corrected chi connectivity index (χ1v) is 11.4. The number of ether oxygens (including phenoxy) is 1. The van der Waals surface area contributed by atoms with E-state index in [-0.39, 0.29) is 5.75 Å². The fourth-order valence-corrected chi connectivity index (χ4v) is 4.58. The van der Waals surface area contributed by atoms with Gasteiger partial charge in [0.1, 0.15) is 11.6 Å². The van der Waals surface area contributed by atoms with E-state index in [0.717, 1.165) is 55.2 Å².